The summed E-state index contributed by atoms with van der Waals surface area (Å²) in [6.07, 6.45) is 7.40. The Hall–Kier alpha value is -1.19. The van der Waals surface area contributed by atoms with Crippen molar-refractivity contribution >= 4 is 29.9 Å². The molecule has 0 saturated carbocycles. The number of benzene rings is 1. The molecule has 0 spiro atoms. The van der Waals surface area contributed by atoms with Crippen LogP contribution in [0.25, 0.3) is 0 Å². The molecule has 3 heterocycles. The van der Waals surface area contributed by atoms with Crippen molar-refractivity contribution in [1.29, 1.82) is 0 Å². The molecule has 0 aromatic heterocycles. The lowest BCUT2D eigenvalue weighted by Crippen LogP contribution is -2.42. The van der Waals surface area contributed by atoms with Crippen LogP contribution in [0.2, 0.25) is 0 Å². The highest BCUT2D eigenvalue weighted by Crippen LogP contribution is 2.37. The molecule has 0 radical (unpaired) electrons. The van der Waals surface area contributed by atoms with Crippen LogP contribution in [0.4, 0.5) is 8.78 Å². The lowest BCUT2D eigenvalue weighted by atomic mass is 9.78. The van der Waals surface area contributed by atoms with Crippen LogP contribution >= 0.6 is 0 Å². The van der Waals surface area contributed by atoms with E-state index in [4.69, 9.17) is 0 Å². The molecule has 42 heavy (non-hydrogen) atoms. The average Bonchev–Trinajstić information content (AvgIpc) is 2.92. The van der Waals surface area contributed by atoms with Gasteiger partial charge in [-0.25, -0.2) is 42.6 Å². The fraction of sp³-hybridized carbons (Fsp3) is 0.786. The van der Waals surface area contributed by atoms with Crippen molar-refractivity contribution in [2.24, 2.45) is 11.8 Å². The lowest BCUT2D eigenvalue weighted by molar-refractivity contribution is 0.164. The molecule has 1 aromatic rings. The molecule has 3 aliphatic heterocycles. The van der Waals surface area contributed by atoms with Crippen molar-refractivity contribution in [3.05, 3.63) is 35.4 Å². The third-order valence-corrected chi connectivity index (χ3v) is 14.4. The van der Waals surface area contributed by atoms with Crippen molar-refractivity contribution in [1.82, 2.24) is 13.5 Å². The fourth-order valence-corrected chi connectivity index (χ4v) is 10.6. The summed E-state index contributed by atoms with van der Waals surface area (Å²) >= 11 is 0. The minimum Gasteiger partial charge on any atom is -0.303 e. The van der Waals surface area contributed by atoms with Gasteiger partial charge < -0.3 is 4.90 Å². The van der Waals surface area contributed by atoms with Crippen molar-refractivity contribution in [3.8, 4) is 0 Å². The number of nitrogens with zero attached hydrogens (tertiary/aromatic N) is 3. The van der Waals surface area contributed by atoms with E-state index in [1.165, 1.54) is 27.0 Å². The van der Waals surface area contributed by atoms with Gasteiger partial charge >= 0.3 is 0 Å². The maximum Gasteiger partial charge on any atom is 0.211 e. The fourth-order valence-electron chi connectivity index (χ4n) is 6.91. The van der Waals surface area contributed by atoms with Crippen LogP contribution in [-0.2, 0) is 29.9 Å². The zero-order chi connectivity index (χ0) is 30.7. The number of likely N-dealkylation sites (tertiary alicyclic amines) is 1. The minimum atomic E-state index is -3.30. The Morgan fingerprint density at radius 3 is 1.74 bits per heavy atom. The smallest absolute Gasteiger partial charge is 0.211 e. The Balaban J connectivity index is 1.27. The molecule has 0 unspecified atom stereocenters. The van der Waals surface area contributed by atoms with Gasteiger partial charge in [0, 0.05) is 32.2 Å². The minimum absolute atomic E-state index is 0.0890. The van der Waals surface area contributed by atoms with Crippen molar-refractivity contribution in [3.63, 3.8) is 0 Å². The molecule has 0 bridgehead atoms. The molecule has 1 atom stereocenters. The monoisotopic (exact) mass is 653 g/mol. The number of hydrogen-bond donors (Lipinski definition) is 0. The Morgan fingerprint density at radius 1 is 0.738 bits per heavy atom. The number of rotatable bonds is 11. The number of halogens is 2. The van der Waals surface area contributed by atoms with Gasteiger partial charge in [0.05, 0.1) is 23.5 Å². The molecule has 3 fully saturated rings. The van der Waals surface area contributed by atoms with E-state index in [2.05, 4.69) is 4.90 Å². The Kier molecular flexibility index (Phi) is 11.1. The third-order valence-electron chi connectivity index (χ3n) is 9.50. The van der Waals surface area contributed by atoms with E-state index < -0.39 is 46.8 Å². The summed E-state index contributed by atoms with van der Waals surface area (Å²) in [6, 6.07) is 3.67. The maximum atomic E-state index is 14.1. The highest BCUT2D eigenvalue weighted by atomic mass is 32.2. The standard InChI is InChI=1S/C28H45F2N3O6S3/c1-40(34,35)32-14-5-23(6-15-32)28(24-19-25(29)21-26(30)20-24)9-13-31-11-3-22(4-12-31)10-18-42(38,39)27-7-16-33(17-8-27)41(2,36)37/h19-23,27-28H,3-18H2,1-2H3/t28-/m1/s1. The number of sulfonamides is 2. The molecule has 3 aliphatic rings. The molecule has 0 aliphatic carbocycles. The molecule has 240 valence electrons. The van der Waals surface area contributed by atoms with Crippen molar-refractivity contribution in [2.75, 3.05) is 64.1 Å². The van der Waals surface area contributed by atoms with Crippen LogP contribution in [0, 0.1) is 23.5 Å². The second kappa shape index (κ2) is 13.8. The first-order chi connectivity index (χ1) is 19.6. The molecule has 0 N–H and O–H groups in total. The quantitative estimate of drug-likeness (QED) is 0.361. The van der Waals surface area contributed by atoms with E-state index in [9.17, 15) is 34.0 Å². The summed E-state index contributed by atoms with van der Waals surface area (Å²) in [7, 11) is -9.86. The van der Waals surface area contributed by atoms with Gasteiger partial charge in [-0.05, 0) is 106 Å². The number of piperidine rings is 3. The summed E-state index contributed by atoms with van der Waals surface area (Å²) in [5.41, 5.74) is 0.618. The number of hydrogen-bond acceptors (Lipinski definition) is 7. The first-order valence-corrected chi connectivity index (χ1v) is 20.3. The summed E-state index contributed by atoms with van der Waals surface area (Å²) in [6.45, 7) is 3.72. The zero-order valence-electron chi connectivity index (χ0n) is 24.6. The van der Waals surface area contributed by atoms with Gasteiger partial charge in [-0.1, -0.05) is 0 Å². The normalized spacial score (nSPS) is 22.9. The summed E-state index contributed by atoms with van der Waals surface area (Å²) in [4.78, 5) is 2.33. The summed E-state index contributed by atoms with van der Waals surface area (Å²) < 4.78 is 104. The average molecular weight is 654 g/mol. The first kappa shape index (κ1) is 33.7. The highest BCUT2D eigenvalue weighted by Gasteiger charge is 2.34. The van der Waals surface area contributed by atoms with Crippen LogP contribution in [0.3, 0.4) is 0 Å². The third kappa shape index (κ3) is 9.16. The van der Waals surface area contributed by atoms with E-state index in [1.54, 1.807) is 0 Å². The van der Waals surface area contributed by atoms with Gasteiger partial charge in [-0.15, -0.1) is 0 Å². The molecule has 1 aromatic carbocycles. The second-order valence-corrected chi connectivity index (χ2v) is 18.8. The predicted molar refractivity (Wildman–Crippen MR) is 160 cm³/mol. The Morgan fingerprint density at radius 2 is 1.24 bits per heavy atom. The molecular weight excluding hydrogens is 609 g/mol. The summed E-state index contributed by atoms with van der Waals surface area (Å²) in [5.74, 6) is -0.757. The lowest BCUT2D eigenvalue weighted by Gasteiger charge is -2.37. The molecular formula is C28H45F2N3O6S3. The van der Waals surface area contributed by atoms with Crippen LogP contribution in [0.5, 0.6) is 0 Å². The first-order valence-electron chi connectivity index (χ1n) is 14.9. The maximum absolute atomic E-state index is 14.1. The van der Waals surface area contributed by atoms with Crippen LogP contribution in [-0.4, -0.2) is 108 Å². The van der Waals surface area contributed by atoms with E-state index in [-0.39, 0.29) is 30.7 Å². The molecule has 9 nitrogen and oxygen atoms in total. The number of sulfone groups is 1. The van der Waals surface area contributed by atoms with Gasteiger partial charge in [0.1, 0.15) is 11.6 Å². The molecule has 4 rings (SSSR count). The molecule has 3 saturated heterocycles. The van der Waals surface area contributed by atoms with Gasteiger partial charge in [0.25, 0.3) is 0 Å². The van der Waals surface area contributed by atoms with E-state index in [0.29, 0.717) is 63.1 Å². The van der Waals surface area contributed by atoms with Gasteiger partial charge in [0.2, 0.25) is 20.0 Å². The van der Waals surface area contributed by atoms with Gasteiger partial charge in [0.15, 0.2) is 9.84 Å². The van der Waals surface area contributed by atoms with E-state index in [0.717, 1.165) is 44.8 Å². The Bertz CT molecular complexity index is 1360. The predicted octanol–water partition coefficient (Wildman–Crippen LogP) is 3.05. The second-order valence-electron chi connectivity index (χ2n) is 12.4. The summed E-state index contributed by atoms with van der Waals surface area (Å²) in [5, 5.41) is -0.482. The van der Waals surface area contributed by atoms with Crippen LogP contribution in [0.15, 0.2) is 18.2 Å². The molecule has 0 amide bonds. The van der Waals surface area contributed by atoms with E-state index >= 15 is 0 Å². The van der Waals surface area contributed by atoms with Gasteiger partial charge in [-0.3, -0.25) is 0 Å². The molecule has 14 heteroatoms. The SMILES string of the molecule is CS(=O)(=O)N1CCC([C@@H](CCN2CCC(CCS(=O)(=O)C3CCN(S(C)(=O)=O)CC3)CC2)c2cc(F)cc(F)c2)CC1. The zero-order valence-corrected chi connectivity index (χ0v) is 27.1. The topological polar surface area (TPSA) is 112 Å². The van der Waals surface area contributed by atoms with Gasteiger partial charge in [-0.2, -0.15) is 0 Å². The van der Waals surface area contributed by atoms with Crippen LogP contribution in [0.1, 0.15) is 62.8 Å². The van der Waals surface area contributed by atoms with Crippen molar-refractivity contribution < 1.29 is 34.0 Å². The Labute approximate surface area is 250 Å². The van der Waals surface area contributed by atoms with E-state index in [1.807, 2.05) is 0 Å². The largest absolute Gasteiger partial charge is 0.303 e. The van der Waals surface area contributed by atoms with Crippen LogP contribution < -0.4 is 0 Å². The highest BCUT2D eigenvalue weighted by molar-refractivity contribution is 7.92. The van der Waals surface area contributed by atoms with Crippen molar-refractivity contribution in [2.45, 2.75) is 62.5 Å².